The molecule has 0 radical (unpaired) electrons. The number of carbonyl (C=O) groups is 2. The standard InChI is InChI=1S/C25H27N3O2S/c1-28(25(30)23-12-7-17-31-23)22-11-6-5-10-21(22)24(29)27-20-15-13-19(14-16-20)26-18-8-3-2-4-9-18/h5-7,10-18,26H,2-4,8-9H2,1H3,(H,27,29). The zero-order chi connectivity index (χ0) is 21.6. The van der Waals surface area contributed by atoms with Crippen molar-refractivity contribution < 1.29 is 9.59 Å². The number of benzene rings is 2. The van der Waals surface area contributed by atoms with E-state index in [0.717, 1.165) is 11.4 Å². The SMILES string of the molecule is CN(C(=O)c1cccs1)c1ccccc1C(=O)Nc1ccc(NC2CCCCC2)cc1. The summed E-state index contributed by atoms with van der Waals surface area (Å²) < 4.78 is 0. The Morgan fingerprint density at radius 1 is 0.903 bits per heavy atom. The first-order valence-corrected chi connectivity index (χ1v) is 11.6. The molecule has 2 aromatic carbocycles. The van der Waals surface area contributed by atoms with Gasteiger partial charge in [-0.3, -0.25) is 9.59 Å². The topological polar surface area (TPSA) is 61.4 Å². The lowest BCUT2D eigenvalue weighted by Crippen LogP contribution is -2.28. The predicted molar refractivity (Wildman–Crippen MR) is 128 cm³/mol. The highest BCUT2D eigenvalue weighted by atomic mass is 32.1. The number of para-hydroxylation sites is 1. The molecule has 0 aliphatic heterocycles. The van der Waals surface area contributed by atoms with Crippen LogP contribution in [0.2, 0.25) is 0 Å². The number of nitrogens with zero attached hydrogens (tertiary/aromatic N) is 1. The van der Waals surface area contributed by atoms with Crippen LogP contribution in [-0.4, -0.2) is 24.9 Å². The molecule has 5 nitrogen and oxygen atoms in total. The summed E-state index contributed by atoms with van der Waals surface area (Å²) in [5.74, 6) is -0.372. The van der Waals surface area contributed by atoms with Gasteiger partial charge in [-0.1, -0.05) is 37.5 Å². The van der Waals surface area contributed by atoms with Gasteiger partial charge in [-0.15, -0.1) is 11.3 Å². The molecule has 1 saturated carbocycles. The van der Waals surface area contributed by atoms with Crippen LogP contribution < -0.4 is 15.5 Å². The van der Waals surface area contributed by atoms with Gasteiger partial charge < -0.3 is 15.5 Å². The fraction of sp³-hybridized carbons (Fsp3) is 0.280. The molecule has 0 saturated heterocycles. The van der Waals surface area contributed by atoms with E-state index in [0.29, 0.717) is 22.2 Å². The van der Waals surface area contributed by atoms with E-state index in [1.54, 1.807) is 31.3 Å². The van der Waals surface area contributed by atoms with Gasteiger partial charge in [0.15, 0.2) is 0 Å². The van der Waals surface area contributed by atoms with Crippen molar-refractivity contribution >= 4 is 40.2 Å². The van der Waals surface area contributed by atoms with E-state index < -0.39 is 0 Å². The molecule has 1 heterocycles. The highest BCUT2D eigenvalue weighted by Crippen LogP contribution is 2.25. The predicted octanol–water partition coefficient (Wildman–Crippen LogP) is 6.02. The minimum absolute atomic E-state index is 0.131. The number of rotatable bonds is 6. The molecule has 1 aliphatic rings. The van der Waals surface area contributed by atoms with Crippen molar-refractivity contribution in [3.63, 3.8) is 0 Å². The summed E-state index contributed by atoms with van der Waals surface area (Å²) in [4.78, 5) is 27.9. The van der Waals surface area contributed by atoms with Gasteiger partial charge in [-0.25, -0.2) is 0 Å². The van der Waals surface area contributed by atoms with Crippen molar-refractivity contribution in [1.29, 1.82) is 0 Å². The quantitative estimate of drug-likeness (QED) is 0.499. The highest BCUT2D eigenvalue weighted by Gasteiger charge is 2.20. The number of hydrogen-bond donors (Lipinski definition) is 2. The van der Waals surface area contributed by atoms with Gasteiger partial charge in [0.25, 0.3) is 11.8 Å². The summed E-state index contributed by atoms with van der Waals surface area (Å²) in [7, 11) is 1.69. The lowest BCUT2D eigenvalue weighted by Gasteiger charge is -2.24. The maximum absolute atomic E-state index is 13.0. The van der Waals surface area contributed by atoms with E-state index in [1.165, 1.54) is 48.3 Å². The van der Waals surface area contributed by atoms with Crippen molar-refractivity contribution in [3.8, 4) is 0 Å². The van der Waals surface area contributed by atoms with Gasteiger partial charge in [-0.2, -0.15) is 0 Å². The first-order chi connectivity index (χ1) is 15.1. The van der Waals surface area contributed by atoms with E-state index >= 15 is 0 Å². The number of hydrogen-bond acceptors (Lipinski definition) is 4. The lowest BCUT2D eigenvalue weighted by atomic mass is 9.95. The van der Waals surface area contributed by atoms with E-state index in [1.807, 2.05) is 41.8 Å². The molecule has 6 heteroatoms. The smallest absolute Gasteiger partial charge is 0.268 e. The molecule has 31 heavy (non-hydrogen) atoms. The normalized spacial score (nSPS) is 14.1. The van der Waals surface area contributed by atoms with Crippen molar-refractivity contribution in [2.75, 3.05) is 22.6 Å². The van der Waals surface area contributed by atoms with Gasteiger partial charge in [0.05, 0.1) is 16.1 Å². The molecule has 0 spiro atoms. The van der Waals surface area contributed by atoms with Crippen LogP contribution in [0.1, 0.15) is 52.1 Å². The summed E-state index contributed by atoms with van der Waals surface area (Å²) in [6.45, 7) is 0. The number of thiophene rings is 1. The van der Waals surface area contributed by atoms with Crippen LogP contribution in [0, 0.1) is 0 Å². The molecule has 3 aromatic rings. The average Bonchev–Trinajstić information content (AvgIpc) is 3.35. The molecule has 1 fully saturated rings. The Balaban J connectivity index is 1.44. The maximum Gasteiger partial charge on any atom is 0.268 e. The molecule has 2 amide bonds. The van der Waals surface area contributed by atoms with E-state index in [4.69, 9.17) is 0 Å². The zero-order valence-corrected chi connectivity index (χ0v) is 18.5. The Hall–Kier alpha value is -3.12. The van der Waals surface area contributed by atoms with Crippen LogP contribution in [0.4, 0.5) is 17.1 Å². The fourth-order valence-corrected chi connectivity index (χ4v) is 4.66. The molecule has 2 N–H and O–H groups in total. The van der Waals surface area contributed by atoms with Gasteiger partial charge >= 0.3 is 0 Å². The summed E-state index contributed by atoms with van der Waals surface area (Å²) in [5.41, 5.74) is 2.83. The van der Waals surface area contributed by atoms with Crippen molar-refractivity contribution in [1.82, 2.24) is 0 Å². The van der Waals surface area contributed by atoms with E-state index in [-0.39, 0.29) is 11.8 Å². The lowest BCUT2D eigenvalue weighted by molar-refractivity contribution is 0.0996. The highest BCUT2D eigenvalue weighted by molar-refractivity contribution is 7.12. The molecular weight excluding hydrogens is 406 g/mol. The minimum atomic E-state index is -0.241. The van der Waals surface area contributed by atoms with Crippen molar-refractivity contribution in [3.05, 3.63) is 76.5 Å². The molecule has 0 bridgehead atoms. The number of carbonyl (C=O) groups excluding carboxylic acids is 2. The summed E-state index contributed by atoms with van der Waals surface area (Å²) >= 11 is 1.39. The van der Waals surface area contributed by atoms with Crippen molar-refractivity contribution in [2.24, 2.45) is 0 Å². The second kappa shape index (κ2) is 9.79. The Morgan fingerprint density at radius 2 is 1.61 bits per heavy atom. The number of anilines is 3. The third-order valence-corrected chi connectivity index (χ3v) is 6.52. The third-order valence-electron chi connectivity index (χ3n) is 5.67. The summed E-state index contributed by atoms with van der Waals surface area (Å²) in [6.07, 6.45) is 6.34. The average molecular weight is 434 g/mol. The zero-order valence-electron chi connectivity index (χ0n) is 17.6. The molecule has 4 rings (SSSR count). The second-order valence-electron chi connectivity index (χ2n) is 7.87. The van der Waals surface area contributed by atoms with Gasteiger partial charge in [-0.05, 0) is 60.7 Å². The number of nitrogens with one attached hydrogen (secondary N) is 2. The first kappa shape index (κ1) is 21.1. The fourth-order valence-electron chi connectivity index (χ4n) is 3.96. The largest absolute Gasteiger partial charge is 0.382 e. The van der Waals surface area contributed by atoms with Crippen LogP contribution in [-0.2, 0) is 0 Å². The molecule has 0 atom stereocenters. The van der Waals surface area contributed by atoms with E-state index in [9.17, 15) is 9.59 Å². The Kier molecular flexibility index (Phi) is 6.67. The van der Waals surface area contributed by atoms with Crippen LogP contribution in [0.25, 0.3) is 0 Å². The van der Waals surface area contributed by atoms with Crippen LogP contribution in [0.3, 0.4) is 0 Å². The summed E-state index contributed by atoms with van der Waals surface area (Å²) in [6, 6.07) is 19.2. The maximum atomic E-state index is 13.0. The second-order valence-corrected chi connectivity index (χ2v) is 8.82. The first-order valence-electron chi connectivity index (χ1n) is 10.7. The molecule has 1 aromatic heterocycles. The molecule has 160 valence electrons. The van der Waals surface area contributed by atoms with E-state index in [2.05, 4.69) is 10.6 Å². The Labute approximate surface area is 187 Å². The molecular formula is C25H27N3O2S. The Bertz CT molecular complexity index is 1030. The molecule has 0 unspecified atom stereocenters. The number of amides is 2. The third kappa shape index (κ3) is 5.14. The monoisotopic (exact) mass is 433 g/mol. The van der Waals surface area contributed by atoms with Gasteiger partial charge in [0.2, 0.25) is 0 Å². The van der Waals surface area contributed by atoms with Gasteiger partial charge in [0.1, 0.15) is 0 Å². The van der Waals surface area contributed by atoms with Gasteiger partial charge in [0, 0.05) is 24.5 Å². The Morgan fingerprint density at radius 3 is 2.32 bits per heavy atom. The minimum Gasteiger partial charge on any atom is -0.382 e. The van der Waals surface area contributed by atoms with Crippen molar-refractivity contribution in [2.45, 2.75) is 38.1 Å². The van der Waals surface area contributed by atoms with Crippen LogP contribution >= 0.6 is 11.3 Å². The summed E-state index contributed by atoms with van der Waals surface area (Å²) in [5, 5.41) is 8.41. The van der Waals surface area contributed by atoms with Crippen LogP contribution in [0.5, 0.6) is 0 Å². The molecule has 1 aliphatic carbocycles. The van der Waals surface area contributed by atoms with Crippen LogP contribution in [0.15, 0.2) is 66.0 Å².